The lowest BCUT2D eigenvalue weighted by Crippen LogP contribution is -2.38. The molecule has 0 aliphatic rings. The summed E-state index contributed by atoms with van der Waals surface area (Å²) in [7, 11) is 0. The first-order chi connectivity index (χ1) is 11.9. The molecular formula is C17H16FN3O4. The zero-order chi connectivity index (χ0) is 18.4. The fourth-order valence-corrected chi connectivity index (χ4v) is 2.22. The summed E-state index contributed by atoms with van der Waals surface area (Å²) in [5, 5.41) is 15.6. The summed E-state index contributed by atoms with van der Waals surface area (Å²) < 4.78 is 13.7. The van der Waals surface area contributed by atoms with Crippen molar-refractivity contribution >= 4 is 17.5 Å². The molecule has 2 N–H and O–H groups in total. The summed E-state index contributed by atoms with van der Waals surface area (Å²) in [6, 6.07) is 10.7. The van der Waals surface area contributed by atoms with E-state index < -0.39 is 28.6 Å². The third kappa shape index (κ3) is 4.84. The van der Waals surface area contributed by atoms with Gasteiger partial charge in [-0.15, -0.1) is 0 Å². The van der Waals surface area contributed by atoms with E-state index in [1.54, 1.807) is 25.1 Å². The minimum atomic E-state index is -0.614. The van der Waals surface area contributed by atoms with E-state index in [-0.39, 0.29) is 17.8 Å². The van der Waals surface area contributed by atoms with Crippen molar-refractivity contribution in [3.63, 3.8) is 0 Å². The topological polar surface area (TPSA) is 101 Å². The van der Waals surface area contributed by atoms with Crippen molar-refractivity contribution in [2.24, 2.45) is 0 Å². The summed E-state index contributed by atoms with van der Waals surface area (Å²) in [5.74, 6) is -1.55. The number of benzene rings is 2. The van der Waals surface area contributed by atoms with Crippen LogP contribution in [0.3, 0.4) is 0 Å². The van der Waals surface area contributed by atoms with Gasteiger partial charge in [0.15, 0.2) is 0 Å². The smallest absolute Gasteiger partial charge is 0.270 e. The minimum Gasteiger partial charge on any atom is -0.348 e. The molecule has 0 radical (unpaired) electrons. The van der Waals surface area contributed by atoms with Crippen LogP contribution in [0.1, 0.15) is 28.9 Å². The molecule has 8 heteroatoms. The van der Waals surface area contributed by atoms with Crippen LogP contribution in [0.4, 0.5) is 10.1 Å². The largest absolute Gasteiger partial charge is 0.348 e. The minimum absolute atomic E-state index is 0.0733. The van der Waals surface area contributed by atoms with Gasteiger partial charge in [0.25, 0.3) is 11.6 Å². The number of hydrogen-bond acceptors (Lipinski definition) is 4. The summed E-state index contributed by atoms with van der Waals surface area (Å²) in [4.78, 5) is 33.9. The number of non-ortho nitro benzene ring substituents is 1. The maximum absolute atomic E-state index is 13.7. The second-order valence-electron chi connectivity index (χ2n) is 5.30. The molecule has 7 nitrogen and oxygen atoms in total. The molecule has 2 aromatic rings. The summed E-state index contributed by atoms with van der Waals surface area (Å²) in [6.07, 6.45) is 0. The molecule has 25 heavy (non-hydrogen) atoms. The Hall–Kier alpha value is -3.29. The fraction of sp³-hybridized carbons (Fsp3) is 0.176. The molecular weight excluding hydrogens is 329 g/mol. The van der Waals surface area contributed by atoms with Crippen molar-refractivity contribution in [3.05, 3.63) is 75.6 Å². The molecule has 0 heterocycles. The summed E-state index contributed by atoms with van der Waals surface area (Å²) in [5.41, 5.74) is 0.190. The third-order valence-electron chi connectivity index (χ3n) is 3.48. The van der Waals surface area contributed by atoms with Gasteiger partial charge in [-0.3, -0.25) is 19.7 Å². The molecule has 130 valence electrons. The molecule has 0 aromatic heterocycles. The third-order valence-corrected chi connectivity index (χ3v) is 3.48. The predicted molar refractivity (Wildman–Crippen MR) is 88.4 cm³/mol. The predicted octanol–water partition coefficient (Wildman–Crippen LogP) is 2.34. The number of hydrogen-bond donors (Lipinski definition) is 2. The SMILES string of the molecule is CC(NC(=O)CNC(=O)c1cccc([N+](=O)[O-])c1)c1ccccc1F. The van der Waals surface area contributed by atoms with E-state index in [9.17, 15) is 24.1 Å². The van der Waals surface area contributed by atoms with Crippen LogP contribution in [0, 0.1) is 15.9 Å². The van der Waals surface area contributed by atoms with Gasteiger partial charge < -0.3 is 10.6 Å². The van der Waals surface area contributed by atoms with Crippen molar-refractivity contribution in [2.45, 2.75) is 13.0 Å². The van der Waals surface area contributed by atoms with E-state index in [0.717, 1.165) is 6.07 Å². The van der Waals surface area contributed by atoms with Crippen LogP contribution in [0.15, 0.2) is 48.5 Å². The number of halogens is 1. The van der Waals surface area contributed by atoms with Crippen LogP contribution in [-0.2, 0) is 4.79 Å². The van der Waals surface area contributed by atoms with Crippen LogP contribution in [-0.4, -0.2) is 23.3 Å². The molecule has 0 bridgehead atoms. The van der Waals surface area contributed by atoms with Gasteiger partial charge in [-0.1, -0.05) is 24.3 Å². The highest BCUT2D eigenvalue weighted by molar-refractivity contribution is 5.96. The Labute approximate surface area is 143 Å². The molecule has 2 aromatic carbocycles. The lowest BCUT2D eigenvalue weighted by atomic mass is 10.1. The lowest BCUT2D eigenvalue weighted by molar-refractivity contribution is -0.384. The number of carbonyl (C=O) groups is 2. The number of nitrogens with zero attached hydrogens (tertiary/aromatic N) is 1. The van der Waals surface area contributed by atoms with Gasteiger partial charge in [0.2, 0.25) is 5.91 Å². The molecule has 0 saturated heterocycles. The highest BCUT2D eigenvalue weighted by Gasteiger charge is 2.15. The number of rotatable bonds is 6. The first-order valence-corrected chi connectivity index (χ1v) is 7.45. The van der Waals surface area contributed by atoms with E-state index in [2.05, 4.69) is 10.6 Å². The lowest BCUT2D eigenvalue weighted by Gasteiger charge is -2.15. The number of carbonyl (C=O) groups excluding carboxylic acids is 2. The van der Waals surface area contributed by atoms with Crippen molar-refractivity contribution < 1.29 is 18.9 Å². The molecule has 1 unspecified atom stereocenters. The van der Waals surface area contributed by atoms with Gasteiger partial charge in [-0.2, -0.15) is 0 Å². The number of nitrogens with one attached hydrogen (secondary N) is 2. The van der Waals surface area contributed by atoms with E-state index >= 15 is 0 Å². The van der Waals surface area contributed by atoms with Gasteiger partial charge in [0.05, 0.1) is 17.5 Å². The summed E-state index contributed by atoms with van der Waals surface area (Å²) in [6.45, 7) is 1.29. The fourth-order valence-electron chi connectivity index (χ4n) is 2.22. The van der Waals surface area contributed by atoms with Crippen molar-refractivity contribution in [2.75, 3.05) is 6.54 Å². The second-order valence-corrected chi connectivity index (χ2v) is 5.30. The highest BCUT2D eigenvalue weighted by Crippen LogP contribution is 2.16. The Balaban J connectivity index is 1.91. The van der Waals surface area contributed by atoms with Crippen LogP contribution in [0.2, 0.25) is 0 Å². The van der Waals surface area contributed by atoms with Crippen LogP contribution in [0.25, 0.3) is 0 Å². The standard InChI is InChI=1S/C17H16FN3O4/c1-11(14-7-2-3-8-15(14)18)20-16(22)10-19-17(23)12-5-4-6-13(9-12)21(24)25/h2-9,11H,10H2,1H3,(H,19,23)(H,20,22). The quantitative estimate of drug-likeness (QED) is 0.620. The Bertz CT molecular complexity index is 810. The van der Waals surface area contributed by atoms with Gasteiger partial charge in [-0.25, -0.2) is 4.39 Å². The van der Waals surface area contributed by atoms with Gasteiger partial charge in [-0.05, 0) is 19.1 Å². The van der Waals surface area contributed by atoms with Crippen LogP contribution >= 0.6 is 0 Å². The van der Waals surface area contributed by atoms with E-state index in [4.69, 9.17) is 0 Å². The van der Waals surface area contributed by atoms with Crippen molar-refractivity contribution in [1.29, 1.82) is 0 Å². The zero-order valence-corrected chi connectivity index (χ0v) is 13.4. The normalized spacial score (nSPS) is 11.4. The van der Waals surface area contributed by atoms with Crippen molar-refractivity contribution in [1.82, 2.24) is 10.6 Å². The molecule has 0 fully saturated rings. The zero-order valence-electron chi connectivity index (χ0n) is 13.4. The molecule has 2 amide bonds. The first-order valence-electron chi connectivity index (χ1n) is 7.45. The van der Waals surface area contributed by atoms with Gasteiger partial charge >= 0.3 is 0 Å². The molecule has 2 rings (SSSR count). The summed E-state index contributed by atoms with van der Waals surface area (Å²) >= 11 is 0. The second kappa shape index (κ2) is 8.00. The van der Waals surface area contributed by atoms with E-state index in [0.29, 0.717) is 5.56 Å². The Kier molecular flexibility index (Phi) is 5.78. The number of amides is 2. The van der Waals surface area contributed by atoms with Crippen LogP contribution < -0.4 is 10.6 Å². The van der Waals surface area contributed by atoms with Crippen molar-refractivity contribution in [3.8, 4) is 0 Å². The average Bonchev–Trinajstić information content (AvgIpc) is 2.60. The maximum Gasteiger partial charge on any atom is 0.270 e. The Morgan fingerprint density at radius 3 is 2.60 bits per heavy atom. The number of nitro groups is 1. The highest BCUT2D eigenvalue weighted by atomic mass is 19.1. The molecule has 1 atom stereocenters. The van der Waals surface area contributed by atoms with E-state index in [1.807, 2.05) is 0 Å². The van der Waals surface area contributed by atoms with Gasteiger partial charge in [0.1, 0.15) is 5.82 Å². The monoisotopic (exact) mass is 345 g/mol. The molecule has 0 saturated carbocycles. The average molecular weight is 345 g/mol. The molecule has 0 aliphatic heterocycles. The van der Waals surface area contributed by atoms with Crippen LogP contribution in [0.5, 0.6) is 0 Å². The first kappa shape index (κ1) is 18.1. The Morgan fingerprint density at radius 1 is 1.20 bits per heavy atom. The molecule has 0 spiro atoms. The van der Waals surface area contributed by atoms with Gasteiger partial charge in [0, 0.05) is 23.3 Å². The Morgan fingerprint density at radius 2 is 1.92 bits per heavy atom. The molecule has 0 aliphatic carbocycles. The van der Waals surface area contributed by atoms with E-state index in [1.165, 1.54) is 24.3 Å². The number of nitro benzene ring substituents is 1. The maximum atomic E-state index is 13.7.